The van der Waals surface area contributed by atoms with Gasteiger partial charge in [-0.2, -0.15) is 10.1 Å². The van der Waals surface area contributed by atoms with Gasteiger partial charge in [0.1, 0.15) is 0 Å². The minimum atomic E-state index is -2.93. The molecule has 2 N–H and O–H groups in total. The van der Waals surface area contributed by atoms with E-state index in [4.69, 9.17) is 0 Å². The van der Waals surface area contributed by atoms with E-state index in [0.717, 1.165) is 16.8 Å². The average molecular weight is 333 g/mol. The molecule has 0 amide bonds. The van der Waals surface area contributed by atoms with Crippen LogP contribution in [0.15, 0.2) is 24.4 Å². The molecule has 23 heavy (non-hydrogen) atoms. The van der Waals surface area contributed by atoms with Crippen LogP contribution in [-0.2, 0) is 9.84 Å². The second kappa shape index (κ2) is 6.11. The lowest BCUT2D eigenvalue weighted by Gasteiger charge is -2.12. The predicted octanol–water partition coefficient (Wildman–Crippen LogP) is 1.83. The van der Waals surface area contributed by atoms with Crippen molar-refractivity contribution in [1.29, 1.82) is 0 Å². The van der Waals surface area contributed by atoms with Gasteiger partial charge in [0.05, 0.1) is 17.7 Å². The summed E-state index contributed by atoms with van der Waals surface area (Å²) in [5.74, 6) is 1.26. The molecule has 0 bridgehead atoms. The Morgan fingerprint density at radius 2 is 2.09 bits per heavy atom. The first-order valence-corrected chi connectivity index (χ1v) is 9.24. The van der Waals surface area contributed by atoms with Crippen molar-refractivity contribution in [3.63, 3.8) is 0 Å². The Labute approximate surface area is 135 Å². The fourth-order valence-corrected chi connectivity index (χ4v) is 4.21. The first-order chi connectivity index (χ1) is 10.9. The van der Waals surface area contributed by atoms with E-state index >= 15 is 0 Å². The minimum Gasteiger partial charge on any atom is -0.365 e. The lowest BCUT2D eigenvalue weighted by atomic mass is 10.1. The lowest BCUT2D eigenvalue weighted by molar-refractivity contribution is 0.602. The fraction of sp³-hybridized carbons (Fsp3) is 0.400. The summed E-state index contributed by atoms with van der Waals surface area (Å²) in [7, 11) is -2.93. The van der Waals surface area contributed by atoms with Crippen LogP contribution in [0.4, 0.5) is 17.5 Å². The number of hydrogen-bond donors (Lipinski definition) is 2. The first-order valence-electron chi connectivity index (χ1n) is 7.42. The molecule has 1 saturated heterocycles. The topological polar surface area (TPSA) is 96.9 Å². The molecule has 1 aromatic heterocycles. The van der Waals surface area contributed by atoms with Crippen LogP contribution in [0.1, 0.15) is 17.5 Å². The predicted molar refractivity (Wildman–Crippen MR) is 89.7 cm³/mol. The van der Waals surface area contributed by atoms with Crippen LogP contribution in [0.3, 0.4) is 0 Å². The molecule has 1 atom stereocenters. The number of aryl methyl sites for hydroxylation is 2. The van der Waals surface area contributed by atoms with Gasteiger partial charge in [-0.3, -0.25) is 0 Å². The maximum Gasteiger partial charge on any atom is 0.249 e. The Morgan fingerprint density at radius 1 is 1.26 bits per heavy atom. The van der Waals surface area contributed by atoms with Crippen LogP contribution in [0, 0.1) is 13.8 Å². The van der Waals surface area contributed by atoms with E-state index < -0.39 is 9.84 Å². The third-order valence-corrected chi connectivity index (χ3v) is 5.55. The third-order valence-electron chi connectivity index (χ3n) is 3.78. The molecular weight excluding hydrogens is 314 g/mol. The largest absolute Gasteiger partial charge is 0.365 e. The second-order valence-electron chi connectivity index (χ2n) is 5.85. The summed E-state index contributed by atoms with van der Waals surface area (Å²) in [6.07, 6.45) is 2.09. The standard InChI is InChI=1S/C15H19N5O2S/c1-10-3-4-11(2)13(7-10)18-15-19-14(8-16-20-15)17-12-5-6-23(21,22)9-12/h3-4,7-8,12H,5-6,9H2,1-2H3,(H2,17,18,19,20). The van der Waals surface area contributed by atoms with E-state index in [9.17, 15) is 8.42 Å². The van der Waals surface area contributed by atoms with E-state index in [1.54, 1.807) is 0 Å². The van der Waals surface area contributed by atoms with Crippen molar-refractivity contribution in [1.82, 2.24) is 15.2 Å². The Balaban J connectivity index is 1.74. The van der Waals surface area contributed by atoms with E-state index in [1.807, 2.05) is 32.0 Å². The molecule has 3 rings (SSSR count). The van der Waals surface area contributed by atoms with Gasteiger partial charge in [-0.25, -0.2) is 8.42 Å². The average Bonchev–Trinajstić information content (AvgIpc) is 2.82. The summed E-state index contributed by atoms with van der Waals surface area (Å²) in [6.45, 7) is 4.02. The van der Waals surface area contributed by atoms with Crippen LogP contribution in [-0.4, -0.2) is 41.1 Å². The number of aromatic nitrogens is 3. The number of benzene rings is 1. The molecule has 7 nitrogen and oxygen atoms in total. The van der Waals surface area contributed by atoms with Crippen LogP contribution in [0.5, 0.6) is 0 Å². The molecule has 1 fully saturated rings. The van der Waals surface area contributed by atoms with Crippen LogP contribution >= 0.6 is 0 Å². The van der Waals surface area contributed by atoms with Crippen LogP contribution in [0.2, 0.25) is 0 Å². The Morgan fingerprint density at radius 3 is 2.83 bits per heavy atom. The lowest BCUT2D eigenvalue weighted by Crippen LogP contribution is -2.21. The van der Waals surface area contributed by atoms with Crippen molar-refractivity contribution in [2.45, 2.75) is 26.3 Å². The summed E-state index contributed by atoms with van der Waals surface area (Å²) >= 11 is 0. The molecule has 122 valence electrons. The number of nitrogens with zero attached hydrogens (tertiary/aromatic N) is 3. The van der Waals surface area contributed by atoms with E-state index in [-0.39, 0.29) is 17.5 Å². The molecule has 0 radical (unpaired) electrons. The Kier molecular flexibility index (Phi) is 4.16. The van der Waals surface area contributed by atoms with Gasteiger partial charge in [-0.15, -0.1) is 5.10 Å². The van der Waals surface area contributed by atoms with Gasteiger partial charge in [0.2, 0.25) is 5.95 Å². The molecule has 0 aliphatic carbocycles. The first kappa shape index (κ1) is 15.7. The minimum absolute atomic E-state index is 0.120. The van der Waals surface area contributed by atoms with E-state index in [1.165, 1.54) is 6.20 Å². The number of rotatable bonds is 4. The Hall–Kier alpha value is -2.22. The van der Waals surface area contributed by atoms with Gasteiger partial charge < -0.3 is 10.6 Å². The van der Waals surface area contributed by atoms with Crippen LogP contribution < -0.4 is 10.6 Å². The van der Waals surface area contributed by atoms with Gasteiger partial charge in [0, 0.05) is 11.7 Å². The molecule has 2 heterocycles. The highest BCUT2D eigenvalue weighted by Gasteiger charge is 2.28. The van der Waals surface area contributed by atoms with E-state index in [0.29, 0.717) is 18.2 Å². The zero-order valence-electron chi connectivity index (χ0n) is 13.1. The summed E-state index contributed by atoms with van der Waals surface area (Å²) in [4.78, 5) is 4.36. The van der Waals surface area contributed by atoms with Crippen LogP contribution in [0.25, 0.3) is 0 Å². The molecule has 0 saturated carbocycles. The van der Waals surface area contributed by atoms with Gasteiger partial charge >= 0.3 is 0 Å². The van der Waals surface area contributed by atoms with Gasteiger partial charge in [0.15, 0.2) is 15.7 Å². The molecule has 1 aromatic carbocycles. The molecule has 1 aliphatic heterocycles. The maximum atomic E-state index is 11.5. The van der Waals surface area contributed by atoms with Crippen molar-refractivity contribution in [2.24, 2.45) is 0 Å². The smallest absolute Gasteiger partial charge is 0.249 e. The highest BCUT2D eigenvalue weighted by molar-refractivity contribution is 7.91. The molecular formula is C15H19N5O2S. The molecule has 1 aliphatic rings. The van der Waals surface area contributed by atoms with Crippen molar-refractivity contribution in [3.05, 3.63) is 35.5 Å². The summed E-state index contributed by atoms with van der Waals surface area (Å²) in [5.41, 5.74) is 3.14. The van der Waals surface area contributed by atoms with Crippen molar-refractivity contribution in [2.75, 3.05) is 22.1 Å². The normalized spacial score (nSPS) is 19.5. The summed E-state index contributed by atoms with van der Waals surface area (Å²) in [6, 6.07) is 5.96. The number of anilines is 3. The monoisotopic (exact) mass is 333 g/mol. The van der Waals surface area contributed by atoms with Crippen molar-refractivity contribution < 1.29 is 8.42 Å². The highest BCUT2D eigenvalue weighted by Crippen LogP contribution is 2.21. The van der Waals surface area contributed by atoms with Gasteiger partial charge in [-0.1, -0.05) is 12.1 Å². The number of nitrogens with one attached hydrogen (secondary N) is 2. The summed E-state index contributed by atoms with van der Waals surface area (Å²) in [5, 5.41) is 14.2. The fourth-order valence-electron chi connectivity index (χ4n) is 2.54. The number of sulfone groups is 1. The zero-order chi connectivity index (χ0) is 16.4. The summed E-state index contributed by atoms with van der Waals surface area (Å²) < 4.78 is 23.0. The zero-order valence-corrected chi connectivity index (χ0v) is 13.9. The highest BCUT2D eigenvalue weighted by atomic mass is 32.2. The SMILES string of the molecule is Cc1ccc(C)c(Nc2nncc(NC3CCS(=O)(=O)C3)n2)c1. The molecule has 8 heteroatoms. The van der Waals surface area contributed by atoms with Gasteiger partial charge in [-0.05, 0) is 37.5 Å². The quantitative estimate of drug-likeness (QED) is 0.881. The van der Waals surface area contributed by atoms with Crippen molar-refractivity contribution >= 4 is 27.3 Å². The maximum absolute atomic E-state index is 11.5. The second-order valence-corrected chi connectivity index (χ2v) is 8.08. The Bertz CT molecular complexity index is 822. The molecule has 1 unspecified atom stereocenters. The number of hydrogen-bond acceptors (Lipinski definition) is 7. The van der Waals surface area contributed by atoms with Crippen molar-refractivity contribution in [3.8, 4) is 0 Å². The molecule has 2 aromatic rings. The van der Waals surface area contributed by atoms with E-state index in [2.05, 4.69) is 25.8 Å². The third kappa shape index (κ3) is 3.95. The molecule has 0 spiro atoms. The van der Waals surface area contributed by atoms with Gasteiger partial charge in [0.25, 0.3) is 0 Å².